The summed E-state index contributed by atoms with van der Waals surface area (Å²) in [5.41, 5.74) is 0.276. The maximum atomic E-state index is 12.7. The van der Waals surface area contributed by atoms with Crippen molar-refractivity contribution in [3.05, 3.63) is 47.4 Å². The van der Waals surface area contributed by atoms with Crippen LogP contribution in [0.3, 0.4) is 0 Å². The van der Waals surface area contributed by atoms with Crippen LogP contribution >= 0.6 is 0 Å². The molecule has 0 fully saturated rings. The van der Waals surface area contributed by atoms with E-state index in [-0.39, 0.29) is 29.6 Å². The number of nitrogens with one attached hydrogen (secondary N) is 1. The molecule has 1 atom stereocenters. The van der Waals surface area contributed by atoms with Crippen molar-refractivity contribution in [2.24, 2.45) is 5.92 Å². The van der Waals surface area contributed by atoms with Gasteiger partial charge in [-0.05, 0) is 30.2 Å². The van der Waals surface area contributed by atoms with Crippen LogP contribution in [0.1, 0.15) is 40.5 Å². The first-order chi connectivity index (χ1) is 14.3. The SMILES string of the molecule is COC(=O)c1ccc(COC(=O)[C@@H](NC(=O)c2cc(OC)cc(OC)c2)C(C)C)o1. The van der Waals surface area contributed by atoms with Gasteiger partial charge in [-0.2, -0.15) is 0 Å². The maximum absolute atomic E-state index is 12.7. The summed E-state index contributed by atoms with van der Waals surface area (Å²) in [4.78, 5) is 36.7. The lowest BCUT2D eigenvalue weighted by atomic mass is 10.0. The van der Waals surface area contributed by atoms with Crippen molar-refractivity contribution in [2.45, 2.75) is 26.5 Å². The zero-order valence-corrected chi connectivity index (χ0v) is 17.5. The summed E-state index contributed by atoms with van der Waals surface area (Å²) in [6.07, 6.45) is 0. The van der Waals surface area contributed by atoms with E-state index in [4.69, 9.17) is 18.6 Å². The van der Waals surface area contributed by atoms with Crippen molar-refractivity contribution >= 4 is 17.8 Å². The molecule has 0 radical (unpaired) electrons. The summed E-state index contributed by atoms with van der Waals surface area (Å²) >= 11 is 0. The lowest BCUT2D eigenvalue weighted by Gasteiger charge is -2.21. The van der Waals surface area contributed by atoms with Crippen LogP contribution < -0.4 is 14.8 Å². The van der Waals surface area contributed by atoms with Crippen LogP contribution in [-0.2, 0) is 20.9 Å². The van der Waals surface area contributed by atoms with Crippen molar-refractivity contribution < 1.29 is 37.7 Å². The topological polar surface area (TPSA) is 113 Å². The number of carbonyl (C=O) groups is 3. The van der Waals surface area contributed by atoms with Gasteiger partial charge in [-0.25, -0.2) is 9.59 Å². The maximum Gasteiger partial charge on any atom is 0.373 e. The van der Waals surface area contributed by atoms with Crippen molar-refractivity contribution in [2.75, 3.05) is 21.3 Å². The largest absolute Gasteiger partial charge is 0.497 e. The van der Waals surface area contributed by atoms with Gasteiger partial charge in [0.25, 0.3) is 5.91 Å². The average Bonchev–Trinajstić information content (AvgIpc) is 3.23. The zero-order valence-electron chi connectivity index (χ0n) is 17.5. The fourth-order valence-electron chi connectivity index (χ4n) is 2.56. The van der Waals surface area contributed by atoms with Crippen LogP contribution in [0.5, 0.6) is 11.5 Å². The number of hydrogen-bond donors (Lipinski definition) is 1. The predicted octanol–water partition coefficient (Wildman–Crippen LogP) is 2.58. The molecule has 0 aliphatic carbocycles. The minimum absolute atomic E-state index is 0.00392. The number of methoxy groups -OCH3 is 3. The molecule has 0 saturated heterocycles. The third kappa shape index (κ3) is 5.76. The normalized spacial score (nSPS) is 11.5. The van der Waals surface area contributed by atoms with Gasteiger partial charge in [0.2, 0.25) is 5.76 Å². The van der Waals surface area contributed by atoms with Crippen LogP contribution in [-0.4, -0.2) is 45.2 Å². The lowest BCUT2D eigenvalue weighted by molar-refractivity contribution is -0.149. The zero-order chi connectivity index (χ0) is 22.3. The van der Waals surface area contributed by atoms with Crippen LogP contribution in [0.2, 0.25) is 0 Å². The lowest BCUT2D eigenvalue weighted by Crippen LogP contribution is -2.45. The number of rotatable bonds is 9. The monoisotopic (exact) mass is 419 g/mol. The molecule has 30 heavy (non-hydrogen) atoms. The van der Waals surface area contributed by atoms with E-state index in [1.54, 1.807) is 19.9 Å². The number of carbonyl (C=O) groups excluding carboxylic acids is 3. The van der Waals surface area contributed by atoms with Gasteiger partial charge in [0.05, 0.1) is 21.3 Å². The van der Waals surface area contributed by atoms with Crippen molar-refractivity contribution in [3.63, 3.8) is 0 Å². The number of esters is 2. The smallest absolute Gasteiger partial charge is 0.373 e. The van der Waals surface area contributed by atoms with Crippen LogP contribution in [0.4, 0.5) is 0 Å². The summed E-state index contributed by atoms with van der Waals surface area (Å²) in [6.45, 7) is 3.36. The molecule has 0 unspecified atom stereocenters. The molecule has 1 amide bonds. The summed E-state index contributed by atoms with van der Waals surface area (Å²) in [5.74, 6) is -0.813. The molecule has 9 heteroatoms. The molecule has 0 aliphatic heterocycles. The molecule has 0 aliphatic rings. The van der Waals surface area contributed by atoms with E-state index < -0.39 is 23.9 Å². The Morgan fingerprint density at radius 1 is 1.00 bits per heavy atom. The van der Waals surface area contributed by atoms with Crippen molar-refractivity contribution in [1.29, 1.82) is 0 Å². The molecule has 9 nitrogen and oxygen atoms in total. The number of amides is 1. The summed E-state index contributed by atoms with van der Waals surface area (Å²) in [5, 5.41) is 2.67. The number of furan rings is 1. The van der Waals surface area contributed by atoms with Gasteiger partial charge in [-0.3, -0.25) is 4.79 Å². The van der Waals surface area contributed by atoms with Crippen molar-refractivity contribution in [1.82, 2.24) is 5.32 Å². The second-order valence-electron chi connectivity index (χ2n) is 6.66. The molecule has 1 aromatic heterocycles. The molecule has 2 rings (SSSR count). The van der Waals surface area contributed by atoms with E-state index >= 15 is 0 Å². The second kappa shape index (κ2) is 10.3. The molecular formula is C21H25NO8. The Kier molecular flexibility index (Phi) is 7.85. The second-order valence-corrected chi connectivity index (χ2v) is 6.66. The standard InChI is InChI=1S/C21H25NO8/c1-12(2)18(21(25)29-11-14-6-7-17(30-14)20(24)28-5)22-19(23)13-8-15(26-3)10-16(9-13)27-4/h6-10,12,18H,11H2,1-5H3,(H,22,23)/t18-/m0/s1. The van der Waals surface area contributed by atoms with E-state index in [0.717, 1.165) is 0 Å². The number of ether oxygens (including phenoxy) is 4. The minimum atomic E-state index is -0.898. The molecule has 0 spiro atoms. The highest BCUT2D eigenvalue weighted by Gasteiger charge is 2.27. The van der Waals surface area contributed by atoms with Gasteiger partial charge in [0.15, 0.2) is 0 Å². The first kappa shape index (κ1) is 22.8. The van der Waals surface area contributed by atoms with Crippen LogP contribution in [0.15, 0.2) is 34.7 Å². The van der Waals surface area contributed by atoms with E-state index in [2.05, 4.69) is 10.1 Å². The third-order valence-electron chi connectivity index (χ3n) is 4.23. The number of hydrogen-bond acceptors (Lipinski definition) is 8. The summed E-state index contributed by atoms with van der Waals surface area (Å²) < 4.78 is 25.4. The van der Waals surface area contributed by atoms with Crippen LogP contribution in [0.25, 0.3) is 0 Å². The molecule has 162 valence electrons. The highest BCUT2D eigenvalue weighted by Crippen LogP contribution is 2.23. The predicted molar refractivity (Wildman–Crippen MR) is 105 cm³/mol. The molecule has 0 bridgehead atoms. The Morgan fingerprint density at radius 3 is 2.17 bits per heavy atom. The van der Waals surface area contributed by atoms with Gasteiger partial charge in [-0.15, -0.1) is 0 Å². The fourth-order valence-corrected chi connectivity index (χ4v) is 2.56. The van der Waals surface area contributed by atoms with E-state index in [1.807, 2.05) is 0 Å². The Morgan fingerprint density at radius 2 is 1.63 bits per heavy atom. The molecule has 1 heterocycles. The molecule has 2 aromatic rings. The summed E-state index contributed by atoms with van der Waals surface area (Å²) in [6, 6.07) is 6.74. The van der Waals surface area contributed by atoms with Gasteiger partial charge < -0.3 is 28.7 Å². The van der Waals surface area contributed by atoms with Gasteiger partial charge in [-0.1, -0.05) is 13.8 Å². The van der Waals surface area contributed by atoms with Crippen LogP contribution in [0, 0.1) is 5.92 Å². The van der Waals surface area contributed by atoms with Gasteiger partial charge in [0, 0.05) is 11.6 Å². The highest BCUT2D eigenvalue weighted by molar-refractivity contribution is 5.97. The number of benzene rings is 1. The molecule has 1 aromatic carbocycles. The summed E-state index contributed by atoms with van der Waals surface area (Å²) in [7, 11) is 4.19. The van der Waals surface area contributed by atoms with Gasteiger partial charge >= 0.3 is 11.9 Å². The quantitative estimate of drug-likeness (QED) is 0.617. The Hall–Kier alpha value is -3.49. The Labute approximate surface area is 174 Å². The van der Waals surface area contributed by atoms with E-state index in [9.17, 15) is 14.4 Å². The third-order valence-corrected chi connectivity index (χ3v) is 4.23. The van der Waals surface area contributed by atoms with E-state index in [0.29, 0.717) is 11.5 Å². The first-order valence-electron chi connectivity index (χ1n) is 9.16. The van der Waals surface area contributed by atoms with Crippen molar-refractivity contribution in [3.8, 4) is 11.5 Å². The Bertz CT molecular complexity index is 880. The van der Waals surface area contributed by atoms with E-state index in [1.165, 1.54) is 45.6 Å². The average molecular weight is 419 g/mol. The Balaban J connectivity index is 2.06. The molecular weight excluding hydrogens is 394 g/mol. The fraction of sp³-hybridized carbons (Fsp3) is 0.381. The van der Waals surface area contributed by atoms with Gasteiger partial charge in [0.1, 0.15) is 29.9 Å². The minimum Gasteiger partial charge on any atom is -0.497 e. The first-order valence-corrected chi connectivity index (χ1v) is 9.16. The molecule has 1 N–H and O–H groups in total. The highest BCUT2D eigenvalue weighted by atomic mass is 16.6. The molecule has 0 saturated carbocycles.